The summed E-state index contributed by atoms with van der Waals surface area (Å²) >= 11 is 0. The van der Waals surface area contributed by atoms with Gasteiger partial charge in [-0.15, -0.1) is 0 Å². The Morgan fingerprint density at radius 2 is 1.30 bits per heavy atom. The second-order valence-corrected chi connectivity index (χ2v) is 5.94. The van der Waals surface area contributed by atoms with Gasteiger partial charge in [0.15, 0.2) is 0 Å². The Labute approximate surface area is 137 Å². The van der Waals surface area contributed by atoms with Crippen molar-refractivity contribution in [1.82, 2.24) is 0 Å². The Morgan fingerprint density at radius 3 is 1.70 bits per heavy atom. The van der Waals surface area contributed by atoms with Gasteiger partial charge in [-0.1, -0.05) is 60.7 Å². The number of aliphatic hydroxyl groups excluding tert-OH is 1. The Bertz CT molecular complexity index is 557. The number of hydrogen-bond acceptors (Lipinski definition) is 2. The molecule has 2 rings (SSSR count). The van der Waals surface area contributed by atoms with E-state index in [0.29, 0.717) is 30.7 Å². The monoisotopic (exact) mass is 314 g/mol. The largest absolute Gasteiger partial charge is 0.481 e. The van der Waals surface area contributed by atoms with Gasteiger partial charge in [-0.25, -0.2) is 0 Å². The maximum atomic E-state index is 11.1. The molecule has 0 aliphatic heterocycles. The maximum Gasteiger partial charge on any atom is 0.309 e. The highest BCUT2D eigenvalue weighted by Gasteiger charge is 2.28. The number of carboxylic acids is 1. The molecule has 0 heterocycles. The van der Waals surface area contributed by atoms with E-state index in [1.807, 2.05) is 36.4 Å². The number of benzene rings is 2. The average Bonchev–Trinajstić information content (AvgIpc) is 2.55. The molecule has 0 amide bonds. The van der Waals surface area contributed by atoms with Crippen molar-refractivity contribution in [2.24, 2.45) is 0 Å². The van der Waals surface area contributed by atoms with Gasteiger partial charge in [0.25, 0.3) is 0 Å². The molecule has 2 N–H and O–H groups in total. The molecular weight excluding hydrogens is 290 g/mol. The molecule has 0 saturated heterocycles. The quantitative estimate of drug-likeness (QED) is 0.700. The van der Waals surface area contributed by atoms with Crippen LogP contribution in [0.5, 0.6) is 0 Å². The first-order chi connectivity index (χ1) is 11.1. The minimum Gasteiger partial charge on any atom is -0.481 e. The minimum atomic E-state index is -0.799. The summed E-state index contributed by atoms with van der Waals surface area (Å²) in [4.78, 5) is 11.1. The Kier molecular flexibility index (Phi) is 6.32. The molecule has 23 heavy (non-hydrogen) atoms. The van der Waals surface area contributed by atoms with Crippen molar-refractivity contribution in [1.29, 1.82) is 0 Å². The zero-order valence-corrected chi connectivity index (χ0v) is 13.3. The third kappa shape index (κ3) is 5.51. The number of aliphatic hydroxyl groups is 1. The standard InChI is InChI=1S/C19H23NO3/c21-14-13-20(12-11-19(22)23,15-17-7-3-1-4-8-17)16-18-9-5-2-6-10-18/h1-10,21H,11-16H2/p+1. The fourth-order valence-electron chi connectivity index (χ4n) is 2.97. The van der Waals surface area contributed by atoms with Crippen molar-refractivity contribution in [2.45, 2.75) is 19.5 Å². The van der Waals surface area contributed by atoms with Crippen LogP contribution in [0, 0.1) is 0 Å². The van der Waals surface area contributed by atoms with Crippen LogP contribution in [0.25, 0.3) is 0 Å². The van der Waals surface area contributed by atoms with Crippen molar-refractivity contribution < 1.29 is 19.5 Å². The topological polar surface area (TPSA) is 57.5 Å². The van der Waals surface area contributed by atoms with Gasteiger partial charge < -0.3 is 14.7 Å². The summed E-state index contributed by atoms with van der Waals surface area (Å²) in [7, 11) is 0. The van der Waals surface area contributed by atoms with E-state index >= 15 is 0 Å². The maximum absolute atomic E-state index is 11.1. The molecule has 0 fully saturated rings. The number of quaternary nitrogens is 1. The predicted molar refractivity (Wildman–Crippen MR) is 89.6 cm³/mol. The first-order valence-corrected chi connectivity index (χ1v) is 7.89. The summed E-state index contributed by atoms with van der Waals surface area (Å²) in [5.41, 5.74) is 2.31. The Morgan fingerprint density at radius 1 is 0.826 bits per heavy atom. The second kappa shape index (κ2) is 8.46. The lowest BCUT2D eigenvalue weighted by molar-refractivity contribution is -0.953. The van der Waals surface area contributed by atoms with Crippen LogP contribution in [-0.4, -0.2) is 40.4 Å². The van der Waals surface area contributed by atoms with Gasteiger partial charge in [0.2, 0.25) is 0 Å². The van der Waals surface area contributed by atoms with E-state index in [1.165, 1.54) is 0 Å². The molecule has 2 aromatic carbocycles. The molecule has 0 spiro atoms. The molecule has 0 unspecified atom stereocenters. The molecule has 0 bridgehead atoms. The van der Waals surface area contributed by atoms with E-state index in [-0.39, 0.29) is 13.0 Å². The number of aliphatic carboxylic acids is 1. The van der Waals surface area contributed by atoms with E-state index in [2.05, 4.69) is 24.3 Å². The van der Waals surface area contributed by atoms with Gasteiger partial charge in [0.1, 0.15) is 19.6 Å². The summed E-state index contributed by atoms with van der Waals surface area (Å²) < 4.78 is 0.539. The van der Waals surface area contributed by atoms with E-state index < -0.39 is 5.97 Å². The fourth-order valence-corrected chi connectivity index (χ4v) is 2.97. The SMILES string of the molecule is O=C(O)CC[N+](CCO)(Cc1ccccc1)Cc1ccccc1. The van der Waals surface area contributed by atoms with Crippen molar-refractivity contribution in [3.8, 4) is 0 Å². The van der Waals surface area contributed by atoms with E-state index in [4.69, 9.17) is 5.11 Å². The highest BCUT2D eigenvalue weighted by atomic mass is 16.4. The molecule has 0 aliphatic rings. The summed E-state index contributed by atoms with van der Waals surface area (Å²) in [6.07, 6.45) is 0.0969. The van der Waals surface area contributed by atoms with Gasteiger partial charge in [0, 0.05) is 11.1 Å². The van der Waals surface area contributed by atoms with Crippen molar-refractivity contribution >= 4 is 5.97 Å². The molecule has 0 aromatic heterocycles. The summed E-state index contributed by atoms with van der Waals surface area (Å²) in [6.45, 7) is 2.50. The van der Waals surface area contributed by atoms with E-state index in [1.54, 1.807) is 0 Å². The third-order valence-electron chi connectivity index (χ3n) is 4.10. The van der Waals surface area contributed by atoms with E-state index in [0.717, 1.165) is 11.1 Å². The normalized spacial score (nSPS) is 11.3. The van der Waals surface area contributed by atoms with Crippen LogP contribution in [0.15, 0.2) is 60.7 Å². The molecule has 4 heteroatoms. The molecule has 4 nitrogen and oxygen atoms in total. The van der Waals surface area contributed by atoms with Crippen molar-refractivity contribution in [2.75, 3.05) is 19.7 Å². The number of rotatable bonds is 9. The molecule has 0 saturated carbocycles. The summed E-state index contributed by atoms with van der Waals surface area (Å²) in [5, 5.41) is 18.7. The first kappa shape index (κ1) is 17.2. The molecule has 0 atom stereocenters. The lowest BCUT2D eigenvalue weighted by Crippen LogP contribution is -2.49. The molecule has 2 aromatic rings. The highest BCUT2D eigenvalue weighted by Crippen LogP contribution is 2.20. The van der Waals surface area contributed by atoms with Crippen LogP contribution < -0.4 is 0 Å². The first-order valence-electron chi connectivity index (χ1n) is 7.89. The summed E-state index contributed by atoms with van der Waals surface area (Å²) in [5.74, 6) is -0.799. The van der Waals surface area contributed by atoms with E-state index in [9.17, 15) is 9.90 Å². The van der Waals surface area contributed by atoms with Gasteiger partial charge in [0.05, 0.1) is 19.6 Å². The second-order valence-electron chi connectivity index (χ2n) is 5.94. The molecule has 0 radical (unpaired) electrons. The van der Waals surface area contributed by atoms with Crippen LogP contribution in [0.3, 0.4) is 0 Å². The van der Waals surface area contributed by atoms with Crippen LogP contribution in [0.1, 0.15) is 17.5 Å². The van der Waals surface area contributed by atoms with Gasteiger partial charge in [-0.2, -0.15) is 0 Å². The minimum absolute atomic E-state index is 0.0410. The van der Waals surface area contributed by atoms with Gasteiger partial charge in [-0.3, -0.25) is 4.79 Å². The van der Waals surface area contributed by atoms with Gasteiger partial charge >= 0.3 is 5.97 Å². The fraction of sp³-hybridized carbons (Fsp3) is 0.316. The summed E-state index contributed by atoms with van der Waals surface area (Å²) in [6, 6.07) is 20.1. The Hall–Kier alpha value is -2.17. The zero-order chi connectivity index (χ0) is 16.5. The van der Waals surface area contributed by atoms with Crippen LogP contribution in [0.4, 0.5) is 0 Å². The van der Waals surface area contributed by atoms with Crippen molar-refractivity contribution in [3.05, 3.63) is 71.8 Å². The molecule has 0 aliphatic carbocycles. The highest BCUT2D eigenvalue weighted by molar-refractivity contribution is 5.66. The molecule has 122 valence electrons. The lowest BCUT2D eigenvalue weighted by Gasteiger charge is -2.38. The molecular formula is C19H24NO3+. The van der Waals surface area contributed by atoms with Crippen molar-refractivity contribution in [3.63, 3.8) is 0 Å². The number of nitrogens with zero attached hydrogens (tertiary/aromatic N) is 1. The zero-order valence-electron chi connectivity index (χ0n) is 13.3. The van der Waals surface area contributed by atoms with Gasteiger partial charge in [-0.05, 0) is 0 Å². The van der Waals surface area contributed by atoms with Crippen LogP contribution in [0.2, 0.25) is 0 Å². The van der Waals surface area contributed by atoms with Crippen LogP contribution in [-0.2, 0) is 17.9 Å². The predicted octanol–water partition coefficient (Wildman–Crippen LogP) is 2.67. The number of hydrogen-bond donors (Lipinski definition) is 2. The Balaban J connectivity index is 2.26. The average molecular weight is 314 g/mol. The number of carboxylic acid groups (broad SMARTS) is 1. The third-order valence-corrected chi connectivity index (χ3v) is 4.10. The number of carbonyl (C=O) groups is 1. The smallest absolute Gasteiger partial charge is 0.309 e. The van der Waals surface area contributed by atoms with Crippen LogP contribution >= 0.6 is 0 Å². The lowest BCUT2D eigenvalue weighted by atomic mass is 10.1.